The van der Waals surface area contributed by atoms with Gasteiger partial charge in [0.15, 0.2) is 10.9 Å². The number of nitrogens with zero attached hydrogens (tertiary/aromatic N) is 2. The monoisotopic (exact) mass is 365 g/mol. The van der Waals surface area contributed by atoms with Crippen molar-refractivity contribution in [2.24, 2.45) is 0 Å². The Morgan fingerprint density at radius 1 is 1.46 bits per heavy atom. The second-order valence-electron chi connectivity index (χ2n) is 5.74. The molecular formula is C16H19N3O3S2. The number of ketones is 1. The molecule has 3 rings (SSSR count). The van der Waals surface area contributed by atoms with Crippen molar-refractivity contribution >= 4 is 32.3 Å². The van der Waals surface area contributed by atoms with Crippen LogP contribution in [0.2, 0.25) is 0 Å². The minimum absolute atomic E-state index is 0.0990. The highest BCUT2D eigenvalue weighted by atomic mass is 32.2. The molecule has 1 aromatic heterocycles. The van der Waals surface area contributed by atoms with E-state index >= 15 is 0 Å². The van der Waals surface area contributed by atoms with Crippen LogP contribution >= 0.6 is 11.3 Å². The van der Waals surface area contributed by atoms with Crippen LogP contribution in [0.15, 0.2) is 40.7 Å². The van der Waals surface area contributed by atoms with Crippen molar-refractivity contribution in [2.45, 2.75) is 30.7 Å². The molecule has 0 aliphatic carbocycles. The zero-order valence-corrected chi connectivity index (χ0v) is 14.9. The molecule has 2 heterocycles. The molecule has 1 saturated heterocycles. The van der Waals surface area contributed by atoms with Gasteiger partial charge in [-0.3, -0.25) is 4.79 Å². The standard InChI is InChI=1S/C16H19N3O3S2/c1-12(20)13-4-2-6-15(10-13)24(21,22)18-11-14-5-3-8-19(14)16-17-7-9-23-16/h2,4,6-7,9-10,14,18H,3,5,8,11H2,1H3/t14-/m0/s1. The minimum atomic E-state index is -3.64. The summed E-state index contributed by atoms with van der Waals surface area (Å²) in [6.45, 7) is 2.63. The summed E-state index contributed by atoms with van der Waals surface area (Å²) in [6.07, 6.45) is 3.70. The smallest absolute Gasteiger partial charge is 0.240 e. The van der Waals surface area contributed by atoms with Gasteiger partial charge >= 0.3 is 0 Å². The molecular weight excluding hydrogens is 346 g/mol. The second kappa shape index (κ2) is 7.00. The van der Waals surface area contributed by atoms with Gasteiger partial charge in [0, 0.05) is 36.3 Å². The Labute approximate surface area is 145 Å². The summed E-state index contributed by atoms with van der Waals surface area (Å²) in [5.74, 6) is -0.155. The lowest BCUT2D eigenvalue weighted by Gasteiger charge is -2.24. The molecule has 1 aliphatic heterocycles. The maximum absolute atomic E-state index is 12.5. The first-order valence-corrected chi connectivity index (χ1v) is 10.1. The number of aromatic nitrogens is 1. The predicted octanol–water partition coefficient (Wildman–Crippen LogP) is 2.29. The third-order valence-corrected chi connectivity index (χ3v) is 6.33. The summed E-state index contributed by atoms with van der Waals surface area (Å²) < 4.78 is 27.7. The fraction of sp³-hybridized carbons (Fsp3) is 0.375. The van der Waals surface area contributed by atoms with E-state index in [4.69, 9.17) is 0 Å². The number of hydrogen-bond donors (Lipinski definition) is 1. The average molecular weight is 365 g/mol. The maximum atomic E-state index is 12.5. The highest BCUT2D eigenvalue weighted by molar-refractivity contribution is 7.89. The fourth-order valence-electron chi connectivity index (χ4n) is 2.83. The van der Waals surface area contributed by atoms with Crippen molar-refractivity contribution in [3.8, 4) is 0 Å². The van der Waals surface area contributed by atoms with Crippen LogP contribution in [0.1, 0.15) is 30.1 Å². The van der Waals surface area contributed by atoms with Crippen LogP contribution in [0.25, 0.3) is 0 Å². The third-order valence-electron chi connectivity index (χ3n) is 4.10. The van der Waals surface area contributed by atoms with E-state index in [1.165, 1.54) is 19.1 Å². The number of Topliss-reactive ketones (excluding diaryl/α,β-unsaturated/α-hetero) is 1. The van der Waals surface area contributed by atoms with Gasteiger partial charge in [-0.15, -0.1) is 11.3 Å². The van der Waals surface area contributed by atoms with Crippen molar-refractivity contribution in [2.75, 3.05) is 18.0 Å². The molecule has 2 aromatic rings. The topological polar surface area (TPSA) is 79.4 Å². The van der Waals surface area contributed by atoms with Crippen LogP contribution < -0.4 is 9.62 Å². The molecule has 1 N–H and O–H groups in total. The SMILES string of the molecule is CC(=O)c1cccc(S(=O)(=O)NC[C@@H]2CCCN2c2nccs2)c1. The molecule has 0 unspecified atom stereocenters. The maximum Gasteiger partial charge on any atom is 0.240 e. The number of rotatable bonds is 6. The lowest BCUT2D eigenvalue weighted by Crippen LogP contribution is -2.40. The summed E-state index contributed by atoms with van der Waals surface area (Å²) in [7, 11) is -3.64. The molecule has 1 aromatic carbocycles. The Bertz CT molecular complexity index is 819. The van der Waals surface area contributed by atoms with Gasteiger partial charge in [-0.1, -0.05) is 12.1 Å². The number of nitrogens with one attached hydrogen (secondary N) is 1. The van der Waals surface area contributed by atoms with Crippen molar-refractivity contribution in [3.05, 3.63) is 41.4 Å². The summed E-state index contributed by atoms with van der Waals surface area (Å²) >= 11 is 1.56. The van der Waals surface area contributed by atoms with Gasteiger partial charge in [0.2, 0.25) is 10.0 Å². The quantitative estimate of drug-likeness (QED) is 0.795. The Morgan fingerprint density at radius 2 is 2.29 bits per heavy atom. The van der Waals surface area contributed by atoms with Crippen LogP contribution in [0.4, 0.5) is 5.13 Å². The number of benzene rings is 1. The lowest BCUT2D eigenvalue weighted by atomic mass is 10.2. The molecule has 6 nitrogen and oxygen atoms in total. The molecule has 1 atom stereocenters. The molecule has 8 heteroatoms. The summed E-state index contributed by atoms with van der Waals surface area (Å²) in [4.78, 5) is 18.0. The molecule has 1 fully saturated rings. The second-order valence-corrected chi connectivity index (χ2v) is 8.38. The van der Waals surface area contributed by atoms with Crippen molar-refractivity contribution in [3.63, 3.8) is 0 Å². The minimum Gasteiger partial charge on any atom is -0.344 e. The number of anilines is 1. The molecule has 0 saturated carbocycles. The number of sulfonamides is 1. The van der Waals surface area contributed by atoms with Crippen LogP contribution in [0, 0.1) is 0 Å². The van der Waals surface area contributed by atoms with Gasteiger partial charge < -0.3 is 4.90 Å². The number of hydrogen-bond acceptors (Lipinski definition) is 6. The van der Waals surface area contributed by atoms with Gasteiger partial charge in [0.1, 0.15) is 0 Å². The van der Waals surface area contributed by atoms with Crippen LogP contribution in [0.5, 0.6) is 0 Å². The van der Waals surface area contributed by atoms with Gasteiger partial charge in [-0.2, -0.15) is 0 Å². The zero-order valence-electron chi connectivity index (χ0n) is 13.3. The normalized spacial score (nSPS) is 18.0. The van der Waals surface area contributed by atoms with E-state index in [1.807, 2.05) is 5.38 Å². The van der Waals surface area contributed by atoms with E-state index in [1.54, 1.807) is 29.7 Å². The van der Waals surface area contributed by atoms with E-state index in [2.05, 4.69) is 14.6 Å². The predicted molar refractivity (Wildman–Crippen MR) is 94.1 cm³/mol. The van der Waals surface area contributed by atoms with Gasteiger partial charge in [0.05, 0.1) is 4.90 Å². The number of carbonyl (C=O) groups excluding carboxylic acids is 1. The highest BCUT2D eigenvalue weighted by Gasteiger charge is 2.28. The average Bonchev–Trinajstić information content (AvgIpc) is 3.24. The highest BCUT2D eigenvalue weighted by Crippen LogP contribution is 2.27. The van der Waals surface area contributed by atoms with E-state index in [9.17, 15) is 13.2 Å². The third kappa shape index (κ3) is 3.66. The van der Waals surface area contributed by atoms with Crippen LogP contribution in [-0.2, 0) is 10.0 Å². The van der Waals surface area contributed by atoms with E-state index < -0.39 is 10.0 Å². The number of carbonyl (C=O) groups is 1. The zero-order chi connectivity index (χ0) is 17.2. The molecule has 128 valence electrons. The number of thiazole rings is 1. The first-order valence-electron chi connectivity index (χ1n) is 7.74. The van der Waals surface area contributed by atoms with Gasteiger partial charge in [0.25, 0.3) is 0 Å². The Kier molecular flexibility index (Phi) is 4.98. The first kappa shape index (κ1) is 17.1. The van der Waals surface area contributed by atoms with Crippen molar-refractivity contribution < 1.29 is 13.2 Å². The molecule has 24 heavy (non-hydrogen) atoms. The Morgan fingerprint density at radius 3 is 3.00 bits per heavy atom. The first-order chi connectivity index (χ1) is 11.5. The largest absolute Gasteiger partial charge is 0.344 e. The summed E-state index contributed by atoms with van der Waals surface area (Å²) in [5, 5.41) is 2.84. The molecule has 0 radical (unpaired) electrons. The lowest BCUT2D eigenvalue weighted by molar-refractivity contribution is 0.101. The summed E-state index contributed by atoms with van der Waals surface area (Å²) in [6, 6.07) is 6.22. The van der Waals surface area contributed by atoms with Crippen LogP contribution in [0.3, 0.4) is 0 Å². The van der Waals surface area contributed by atoms with Crippen molar-refractivity contribution in [1.29, 1.82) is 0 Å². The van der Waals surface area contributed by atoms with Crippen molar-refractivity contribution in [1.82, 2.24) is 9.71 Å². The Balaban J connectivity index is 1.71. The molecule has 0 spiro atoms. The molecule has 1 aliphatic rings. The van der Waals surface area contributed by atoms with Crippen LogP contribution in [-0.4, -0.2) is 38.3 Å². The summed E-state index contributed by atoms with van der Waals surface area (Å²) in [5.41, 5.74) is 0.392. The molecule has 0 bridgehead atoms. The van der Waals surface area contributed by atoms with Gasteiger partial charge in [-0.05, 0) is 31.9 Å². The van der Waals surface area contributed by atoms with Gasteiger partial charge in [-0.25, -0.2) is 18.1 Å². The molecule has 0 amide bonds. The van der Waals surface area contributed by atoms with E-state index in [0.29, 0.717) is 12.1 Å². The van der Waals surface area contributed by atoms with E-state index in [0.717, 1.165) is 24.5 Å². The Hall–Kier alpha value is -1.77. The fourth-order valence-corrected chi connectivity index (χ4v) is 4.69. The van der Waals surface area contributed by atoms with E-state index in [-0.39, 0.29) is 16.7 Å².